The quantitative estimate of drug-likeness (QED) is 0.192. The molecule has 0 fully saturated rings. The van der Waals surface area contributed by atoms with Gasteiger partial charge in [0.05, 0.1) is 11.4 Å². The van der Waals surface area contributed by atoms with Crippen LogP contribution < -0.4 is 0 Å². The number of fused-ring (bicyclic) bond motifs is 4. The van der Waals surface area contributed by atoms with Crippen molar-refractivity contribution in [2.24, 2.45) is 0 Å². The van der Waals surface area contributed by atoms with Gasteiger partial charge in [0, 0.05) is 36.9 Å². The molecular weight excluding hydrogens is 589 g/mol. The first-order valence-corrected chi connectivity index (χ1v) is 16.6. The summed E-state index contributed by atoms with van der Waals surface area (Å²) in [5, 5.41) is 5.13. The number of hydrogen-bond acceptors (Lipinski definition) is 3. The molecule has 2 aromatic heterocycles. The average Bonchev–Trinajstić information content (AvgIpc) is 3.54. The van der Waals surface area contributed by atoms with Crippen LogP contribution in [-0.4, -0.2) is 9.97 Å². The van der Waals surface area contributed by atoms with Crippen LogP contribution in [0, 0.1) is 0 Å². The molecule has 9 rings (SSSR count). The minimum absolute atomic E-state index is 0.717. The molecule has 47 heavy (non-hydrogen) atoms. The molecule has 0 radical (unpaired) electrons. The van der Waals surface area contributed by atoms with E-state index in [1.54, 1.807) is 0 Å². The molecule has 0 bridgehead atoms. The van der Waals surface area contributed by atoms with Gasteiger partial charge in [-0.3, -0.25) is 0 Å². The van der Waals surface area contributed by atoms with Crippen molar-refractivity contribution in [1.29, 1.82) is 0 Å². The van der Waals surface area contributed by atoms with E-state index in [9.17, 15) is 0 Å². The van der Waals surface area contributed by atoms with Crippen molar-refractivity contribution < 1.29 is 0 Å². The number of thiophene rings is 1. The van der Waals surface area contributed by atoms with Crippen LogP contribution in [0.4, 0.5) is 0 Å². The SMILES string of the molecule is c1ccc(-c2nc(-c3ccc(-c4cccc5ccccc45)cc3)cc(-c3ccc(-c4cccc5sc6ccccc6c45)cc3)n2)cc1. The predicted molar refractivity (Wildman–Crippen MR) is 200 cm³/mol. The highest BCUT2D eigenvalue weighted by molar-refractivity contribution is 7.25. The van der Waals surface area contributed by atoms with Crippen molar-refractivity contribution in [2.45, 2.75) is 0 Å². The summed E-state index contributed by atoms with van der Waals surface area (Å²) >= 11 is 1.85. The smallest absolute Gasteiger partial charge is 0.160 e. The Balaban J connectivity index is 1.12. The molecule has 0 unspecified atom stereocenters. The second-order valence-electron chi connectivity index (χ2n) is 11.8. The molecule has 3 heteroatoms. The van der Waals surface area contributed by atoms with E-state index in [0.717, 1.165) is 33.9 Å². The molecule has 7 aromatic carbocycles. The van der Waals surface area contributed by atoms with E-state index in [2.05, 4.69) is 152 Å². The monoisotopic (exact) mass is 616 g/mol. The topological polar surface area (TPSA) is 25.8 Å². The Hall–Kier alpha value is -5.90. The van der Waals surface area contributed by atoms with Crippen LogP contribution in [0.3, 0.4) is 0 Å². The molecule has 220 valence electrons. The van der Waals surface area contributed by atoms with E-state index >= 15 is 0 Å². The minimum atomic E-state index is 0.717. The molecule has 0 saturated carbocycles. The Morgan fingerprint density at radius 1 is 0.362 bits per heavy atom. The van der Waals surface area contributed by atoms with Crippen LogP contribution in [0.5, 0.6) is 0 Å². The van der Waals surface area contributed by atoms with Crippen molar-refractivity contribution in [3.05, 3.63) is 170 Å². The molecular formula is C44H28N2S. The fraction of sp³-hybridized carbons (Fsp3) is 0. The summed E-state index contributed by atoms with van der Waals surface area (Å²) in [5.74, 6) is 0.717. The van der Waals surface area contributed by atoms with Gasteiger partial charge in [-0.05, 0) is 51.2 Å². The lowest BCUT2D eigenvalue weighted by Gasteiger charge is -2.11. The number of rotatable bonds is 5. The zero-order valence-electron chi connectivity index (χ0n) is 25.5. The van der Waals surface area contributed by atoms with Gasteiger partial charge in [-0.25, -0.2) is 9.97 Å². The Bertz CT molecular complexity index is 2540. The maximum atomic E-state index is 5.07. The summed E-state index contributed by atoms with van der Waals surface area (Å²) in [5.41, 5.74) is 9.79. The number of benzene rings is 7. The summed E-state index contributed by atoms with van der Waals surface area (Å²) in [4.78, 5) is 10.1. The maximum Gasteiger partial charge on any atom is 0.160 e. The Labute approximate surface area is 277 Å². The predicted octanol–water partition coefficient (Wildman–Crippen LogP) is 12.3. The summed E-state index contributed by atoms with van der Waals surface area (Å²) in [6, 6.07) is 60.2. The normalized spacial score (nSPS) is 11.4. The number of hydrogen-bond donors (Lipinski definition) is 0. The first-order valence-electron chi connectivity index (χ1n) is 15.8. The molecule has 0 spiro atoms. The molecule has 0 saturated heterocycles. The second-order valence-corrected chi connectivity index (χ2v) is 12.9. The van der Waals surface area contributed by atoms with E-state index in [-0.39, 0.29) is 0 Å². The highest BCUT2D eigenvalue weighted by Gasteiger charge is 2.14. The Kier molecular flexibility index (Phi) is 6.69. The molecule has 9 aromatic rings. The average molecular weight is 617 g/mol. The second kappa shape index (κ2) is 11.5. The first-order chi connectivity index (χ1) is 23.3. The highest BCUT2D eigenvalue weighted by atomic mass is 32.1. The Morgan fingerprint density at radius 3 is 1.64 bits per heavy atom. The highest BCUT2D eigenvalue weighted by Crippen LogP contribution is 2.40. The van der Waals surface area contributed by atoms with Gasteiger partial charge in [0.2, 0.25) is 0 Å². The fourth-order valence-corrected chi connectivity index (χ4v) is 7.72. The third-order valence-corrected chi connectivity index (χ3v) is 10.1. The molecule has 0 aliphatic heterocycles. The van der Waals surface area contributed by atoms with E-state index in [0.29, 0.717) is 0 Å². The van der Waals surface area contributed by atoms with Crippen molar-refractivity contribution in [1.82, 2.24) is 9.97 Å². The van der Waals surface area contributed by atoms with Gasteiger partial charge in [-0.1, -0.05) is 152 Å². The van der Waals surface area contributed by atoms with Crippen molar-refractivity contribution >= 4 is 42.3 Å². The molecule has 0 aliphatic carbocycles. The van der Waals surface area contributed by atoms with Crippen molar-refractivity contribution in [3.63, 3.8) is 0 Å². The standard InChI is InChI=1S/C44H28N2S/c1-2-11-34(12-3-1)44-45-39(32-24-20-30(21-25-32)36-16-8-13-29-10-4-5-14-35(29)36)28-40(46-44)33-26-22-31(23-27-33)37-17-9-19-42-43(37)38-15-6-7-18-41(38)47-42/h1-28H. The zero-order valence-corrected chi connectivity index (χ0v) is 26.3. The molecule has 0 aliphatic rings. The third kappa shape index (κ3) is 4.98. The van der Waals surface area contributed by atoms with E-state index < -0.39 is 0 Å². The first kappa shape index (κ1) is 27.4. The van der Waals surface area contributed by atoms with Crippen molar-refractivity contribution in [2.75, 3.05) is 0 Å². The fourth-order valence-electron chi connectivity index (χ4n) is 6.59. The summed E-state index contributed by atoms with van der Waals surface area (Å²) in [7, 11) is 0. The largest absolute Gasteiger partial charge is 0.228 e. The zero-order chi connectivity index (χ0) is 31.2. The summed E-state index contributed by atoms with van der Waals surface area (Å²) < 4.78 is 2.63. The lowest BCUT2D eigenvalue weighted by atomic mass is 9.96. The molecule has 0 N–H and O–H groups in total. The van der Waals surface area contributed by atoms with E-state index in [1.165, 1.54) is 53.2 Å². The van der Waals surface area contributed by atoms with Crippen LogP contribution in [0.25, 0.3) is 87.1 Å². The van der Waals surface area contributed by atoms with Gasteiger partial charge in [0.25, 0.3) is 0 Å². The molecule has 0 atom stereocenters. The number of aromatic nitrogens is 2. The van der Waals surface area contributed by atoms with Crippen LogP contribution in [-0.2, 0) is 0 Å². The lowest BCUT2D eigenvalue weighted by Crippen LogP contribution is -1.96. The van der Waals surface area contributed by atoms with Gasteiger partial charge in [0.15, 0.2) is 5.82 Å². The van der Waals surface area contributed by atoms with E-state index in [4.69, 9.17) is 9.97 Å². The third-order valence-electron chi connectivity index (χ3n) is 8.93. The summed E-state index contributed by atoms with van der Waals surface area (Å²) in [6.45, 7) is 0. The molecule has 2 nitrogen and oxygen atoms in total. The van der Waals surface area contributed by atoms with Crippen LogP contribution in [0.2, 0.25) is 0 Å². The number of nitrogens with zero attached hydrogens (tertiary/aromatic N) is 2. The minimum Gasteiger partial charge on any atom is -0.228 e. The van der Waals surface area contributed by atoms with E-state index in [1.807, 2.05) is 29.5 Å². The Morgan fingerprint density at radius 2 is 0.894 bits per heavy atom. The van der Waals surface area contributed by atoms with Gasteiger partial charge < -0.3 is 0 Å². The van der Waals surface area contributed by atoms with Gasteiger partial charge in [-0.2, -0.15) is 0 Å². The van der Waals surface area contributed by atoms with Crippen LogP contribution in [0.1, 0.15) is 0 Å². The van der Waals surface area contributed by atoms with Crippen LogP contribution in [0.15, 0.2) is 170 Å². The van der Waals surface area contributed by atoms with Gasteiger partial charge in [-0.15, -0.1) is 11.3 Å². The van der Waals surface area contributed by atoms with Crippen LogP contribution >= 0.6 is 11.3 Å². The molecule has 2 heterocycles. The maximum absolute atomic E-state index is 5.07. The lowest BCUT2D eigenvalue weighted by molar-refractivity contribution is 1.18. The van der Waals surface area contributed by atoms with Gasteiger partial charge >= 0.3 is 0 Å². The van der Waals surface area contributed by atoms with Gasteiger partial charge in [0.1, 0.15) is 0 Å². The van der Waals surface area contributed by atoms with Crippen molar-refractivity contribution in [3.8, 4) is 56.2 Å². The summed E-state index contributed by atoms with van der Waals surface area (Å²) in [6.07, 6.45) is 0. The molecule has 0 amide bonds.